The SMILES string of the molecule is COC(=O)c1ccccc1N1C2=C(C(=O)CC(C)(C)C2)C(N)=C(C#N)C1c1ccc2c(c1)OCO2. The average molecular weight is 472 g/mol. The molecule has 0 radical (unpaired) electrons. The summed E-state index contributed by atoms with van der Waals surface area (Å²) in [5, 5.41) is 10.3. The molecule has 8 heteroatoms. The molecule has 0 bridgehead atoms. The highest BCUT2D eigenvalue weighted by Crippen LogP contribution is 2.51. The minimum absolute atomic E-state index is 0.111. The fourth-order valence-corrected chi connectivity index (χ4v) is 5.14. The number of allylic oxidation sites excluding steroid dienone is 2. The molecule has 1 atom stereocenters. The van der Waals surface area contributed by atoms with E-state index in [-0.39, 0.29) is 29.3 Å². The van der Waals surface area contributed by atoms with E-state index >= 15 is 0 Å². The zero-order valence-corrected chi connectivity index (χ0v) is 19.8. The van der Waals surface area contributed by atoms with Crippen molar-refractivity contribution >= 4 is 17.4 Å². The number of carbonyl (C=O) groups is 2. The van der Waals surface area contributed by atoms with Crippen molar-refractivity contribution in [2.24, 2.45) is 11.1 Å². The zero-order valence-electron chi connectivity index (χ0n) is 19.8. The van der Waals surface area contributed by atoms with E-state index < -0.39 is 12.0 Å². The number of carbonyl (C=O) groups excluding carboxylic acids is 2. The second-order valence-electron chi connectivity index (χ2n) is 9.60. The number of para-hydroxylation sites is 1. The maximum Gasteiger partial charge on any atom is 0.339 e. The van der Waals surface area contributed by atoms with Crippen molar-refractivity contribution in [2.45, 2.75) is 32.7 Å². The zero-order chi connectivity index (χ0) is 24.9. The number of nitrogens with two attached hydrogens (primary N) is 1. The Bertz CT molecular complexity index is 1370. The highest BCUT2D eigenvalue weighted by molar-refractivity contribution is 6.04. The summed E-state index contributed by atoms with van der Waals surface area (Å²) in [5.41, 5.74) is 9.20. The number of hydrogen-bond donors (Lipinski definition) is 1. The minimum Gasteiger partial charge on any atom is -0.465 e. The Morgan fingerprint density at radius 1 is 1.17 bits per heavy atom. The van der Waals surface area contributed by atoms with Gasteiger partial charge in [-0.2, -0.15) is 5.26 Å². The highest BCUT2D eigenvalue weighted by Gasteiger charge is 2.45. The normalized spacial score (nSPS) is 20.5. The third kappa shape index (κ3) is 3.60. The number of Topliss-reactive ketones (excluding diaryl/α,β-unsaturated/α-hetero) is 1. The van der Waals surface area contributed by atoms with E-state index in [4.69, 9.17) is 19.9 Å². The molecule has 2 N–H and O–H groups in total. The van der Waals surface area contributed by atoms with Crippen LogP contribution in [0.25, 0.3) is 0 Å². The summed E-state index contributed by atoms with van der Waals surface area (Å²) < 4.78 is 16.1. The monoisotopic (exact) mass is 471 g/mol. The van der Waals surface area contributed by atoms with Crippen LogP contribution in [0, 0.1) is 16.7 Å². The van der Waals surface area contributed by atoms with Crippen LogP contribution in [0.3, 0.4) is 0 Å². The molecule has 5 rings (SSSR count). The minimum atomic E-state index is -0.694. The number of ether oxygens (including phenoxy) is 3. The topological polar surface area (TPSA) is 115 Å². The quantitative estimate of drug-likeness (QED) is 0.664. The van der Waals surface area contributed by atoms with Gasteiger partial charge in [0.15, 0.2) is 17.3 Å². The van der Waals surface area contributed by atoms with Crippen molar-refractivity contribution in [1.82, 2.24) is 0 Å². The molecule has 3 aliphatic rings. The number of nitrogens with zero attached hydrogens (tertiary/aromatic N) is 2. The van der Waals surface area contributed by atoms with Gasteiger partial charge < -0.3 is 24.8 Å². The van der Waals surface area contributed by atoms with Gasteiger partial charge >= 0.3 is 5.97 Å². The summed E-state index contributed by atoms with van der Waals surface area (Å²) in [5.74, 6) is 0.524. The van der Waals surface area contributed by atoms with Crippen molar-refractivity contribution in [3.05, 3.63) is 76.1 Å². The molecule has 8 nitrogen and oxygen atoms in total. The lowest BCUT2D eigenvalue weighted by Crippen LogP contribution is -2.42. The lowest BCUT2D eigenvalue weighted by atomic mass is 9.72. The molecule has 178 valence electrons. The number of anilines is 1. The maximum atomic E-state index is 13.3. The van der Waals surface area contributed by atoms with Crippen LogP contribution in [-0.2, 0) is 9.53 Å². The molecular weight excluding hydrogens is 446 g/mol. The van der Waals surface area contributed by atoms with E-state index in [9.17, 15) is 14.9 Å². The highest BCUT2D eigenvalue weighted by atomic mass is 16.7. The lowest BCUT2D eigenvalue weighted by molar-refractivity contribution is -0.117. The average Bonchev–Trinajstić information content (AvgIpc) is 3.30. The van der Waals surface area contributed by atoms with Gasteiger partial charge in [-0.15, -0.1) is 0 Å². The molecule has 0 aromatic heterocycles. The van der Waals surface area contributed by atoms with Crippen LogP contribution in [0.1, 0.15) is 48.7 Å². The summed E-state index contributed by atoms with van der Waals surface area (Å²) in [7, 11) is 1.32. The Balaban J connectivity index is 1.81. The van der Waals surface area contributed by atoms with Crippen molar-refractivity contribution in [3.8, 4) is 17.6 Å². The Kier molecular flexibility index (Phi) is 5.28. The largest absolute Gasteiger partial charge is 0.465 e. The van der Waals surface area contributed by atoms with Gasteiger partial charge in [0.1, 0.15) is 0 Å². The summed E-state index contributed by atoms with van der Waals surface area (Å²) in [6.45, 7) is 4.15. The second kappa shape index (κ2) is 8.20. The van der Waals surface area contributed by atoms with Crippen LogP contribution in [0.4, 0.5) is 5.69 Å². The van der Waals surface area contributed by atoms with E-state index in [1.807, 2.05) is 36.9 Å². The van der Waals surface area contributed by atoms with Crippen molar-refractivity contribution in [1.29, 1.82) is 5.26 Å². The molecule has 1 unspecified atom stereocenters. The van der Waals surface area contributed by atoms with Gasteiger partial charge in [-0.05, 0) is 41.7 Å². The number of rotatable bonds is 3. The second-order valence-corrected chi connectivity index (χ2v) is 9.60. The number of benzene rings is 2. The van der Waals surface area contributed by atoms with E-state index in [0.717, 1.165) is 5.56 Å². The molecule has 0 spiro atoms. The third-order valence-electron chi connectivity index (χ3n) is 6.64. The number of hydrogen-bond acceptors (Lipinski definition) is 8. The lowest BCUT2D eigenvalue weighted by Gasteiger charge is -2.45. The summed E-state index contributed by atoms with van der Waals surface area (Å²) in [6, 6.07) is 14.0. The standard InChI is InChI=1S/C27H25N3O5/c1-27(2)11-19-23(20(31)12-27)24(29)17(13-28)25(15-8-9-21-22(10-15)35-14-34-21)30(19)18-7-5-4-6-16(18)26(32)33-3/h4-10,25H,11-12,14,29H2,1-3H3. The van der Waals surface area contributed by atoms with Gasteiger partial charge in [-0.1, -0.05) is 32.0 Å². The number of nitriles is 1. The van der Waals surface area contributed by atoms with Crippen molar-refractivity contribution < 1.29 is 23.8 Å². The van der Waals surface area contributed by atoms with Gasteiger partial charge in [0.05, 0.1) is 47.3 Å². The Morgan fingerprint density at radius 2 is 1.91 bits per heavy atom. The first-order chi connectivity index (χ1) is 16.8. The van der Waals surface area contributed by atoms with Crippen LogP contribution >= 0.6 is 0 Å². The number of fused-ring (bicyclic) bond motifs is 1. The van der Waals surface area contributed by atoms with Gasteiger partial charge in [0.25, 0.3) is 0 Å². The molecule has 35 heavy (non-hydrogen) atoms. The summed E-state index contributed by atoms with van der Waals surface area (Å²) in [6.07, 6.45) is 0.844. The van der Waals surface area contributed by atoms with E-state index in [2.05, 4.69) is 6.07 Å². The van der Waals surface area contributed by atoms with Crippen molar-refractivity contribution in [2.75, 3.05) is 18.8 Å². The van der Waals surface area contributed by atoms with Gasteiger partial charge in [0, 0.05) is 12.1 Å². The molecule has 2 aromatic carbocycles. The Hall–Kier alpha value is -4.25. The Labute approximate surface area is 203 Å². The first-order valence-electron chi connectivity index (χ1n) is 11.3. The van der Waals surface area contributed by atoms with Crippen LogP contribution in [0.15, 0.2) is 65.0 Å². The summed E-state index contributed by atoms with van der Waals surface area (Å²) in [4.78, 5) is 28.0. The smallest absolute Gasteiger partial charge is 0.339 e. The maximum absolute atomic E-state index is 13.3. The van der Waals surface area contributed by atoms with Crippen molar-refractivity contribution in [3.63, 3.8) is 0 Å². The first kappa shape index (κ1) is 22.5. The third-order valence-corrected chi connectivity index (χ3v) is 6.64. The molecule has 0 saturated carbocycles. The molecule has 2 aliphatic heterocycles. The van der Waals surface area contributed by atoms with Crippen LogP contribution in [0.5, 0.6) is 11.5 Å². The molecular formula is C27H25N3O5. The molecule has 2 aromatic rings. The summed E-state index contributed by atoms with van der Waals surface area (Å²) >= 11 is 0. The van der Waals surface area contributed by atoms with Gasteiger partial charge in [-0.3, -0.25) is 4.79 Å². The van der Waals surface area contributed by atoms with Crippen LogP contribution in [-0.4, -0.2) is 25.7 Å². The number of ketones is 1. The van der Waals surface area contributed by atoms with E-state index in [1.165, 1.54) is 7.11 Å². The van der Waals surface area contributed by atoms with Gasteiger partial charge in [0.2, 0.25) is 6.79 Å². The predicted molar refractivity (Wildman–Crippen MR) is 127 cm³/mol. The molecule has 0 amide bonds. The molecule has 2 heterocycles. The molecule has 0 saturated heterocycles. The Morgan fingerprint density at radius 3 is 2.66 bits per heavy atom. The van der Waals surface area contributed by atoms with E-state index in [1.54, 1.807) is 24.3 Å². The van der Waals surface area contributed by atoms with Crippen LogP contribution < -0.4 is 20.1 Å². The fourth-order valence-electron chi connectivity index (χ4n) is 5.14. The molecule has 1 aliphatic carbocycles. The fraction of sp³-hybridized carbons (Fsp3) is 0.296. The predicted octanol–water partition coefficient (Wildman–Crippen LogP) is 4.14. The number of methoxy groups -OCH3 is 1. The first-order valence-corrected chi connectivity index (χ1v) is 11.3. The van der Waals surface area contributed by atoms with E-state index in [0.29, 0.717) is 46.9 Å². The van der Waals surface area contributed by atoms with Gasteiger partial charge in [-0.25, -0.2) is 4.79 Å². The molecule has 0 fully saturated rings. The number of esters is 1. The van der Waals surface area contributed by atoms with Crippen LogP contribution in [0.2, 0.25) is 0 Å².